The van der Waals surface area contributed by atoms with Gasteiger partial charge in [-0.3, -0.25) is 0 Å². The first kappa shape index (κ1) is 13.9. The highest BCUT2D eigenvalue weighted by atomic mass is 19.1. The highest BCUT2D eigenvalue weighted by molar-refractivity contribution is 5.70. The van der Waals surface area contributed by atoms with Gasteiger partial charge in [0.2, 0.25) is 0 Å². The van der Waals surface area contributed by atoms with Gasteiger partial charge < -0.3 is 20.5 Å². The number of rotatable bonds is 3. The van der Waals surface area contributed by atoms with E-state index in [9.17, 15) is 9.50 Å². The molecule has 0 amide bonds. The minimum absolute atomic E-state index is 0.175. The summed E-state index contributed by atoms with van der Waals surface area (Å²) in [6.45, 7) is 5.65. The molecule has 0 bridgehead atoms. The van der Waals surface area contributed by atoms with Gasteiger partial charge >= 0.3 is 0 Å². The lowest BCUT2D eigenvalue weighted by Gasteiger charge is -2.36. The van der Waals surface area contributed by atoms with Gasteiger partial charge in [0, 0.05) is 25.2 Å². The predicted molar refractivity (Wildman–Crippen MR) is 74.0 cm³/mol. The van der Waals surface area contributed by atoms with Crippen molar-refractivity contribution in [2.45, 2.75) is 26.4 Å². The van der Waals surface area contributed by atoms with Crippen LogP contribution in [0.25, 0.3) is 0 Å². The van der Waals surface area contributed by atoms with Gasteiger partial charge in [0.05, 0.1) is 24.1 Å². The fourth-order valence-electron chi connectivity index (χ4n) is 2.45. The van der Waals surface area contributed by atoms with Crippen LogP contribution in [0.3, 0.4) is 0 Å². The lowest BCUT2D eigenvalue weighted by Crippen LogP contribution is -2.42. The van der Waals surface area contributed by atoms with Gasteiger partial charge in [-0.1, -0.05) is 6.92 Å². The topological polar surface area (TPSA) is 58.7 Å². The number of benzene rings is 1. The van der Waals surface area contributed by atoms with E-state index in [1.807, 2.05) is 13.8 Å². The van der Waals surface area contributed by atoms with Crippen LogP contribution in [0.5, 0.6) is 5.75 Å². The fraction of sp³-hybridized carbons (Fsp3) is 0.571. The average molecular weight is 268 g/mol. The zero-order chi connectivity index (χ0) is 14.0. The van der Waals surface area contributed by atoms with Crippen molar-refractivity contribution in [2.24, 2.45) is 5.92 Å². The number of anilines is 2. The fourth-order valence-corrected chi connectivity index (χ4v) is 2.45. The molecule has 0 aliphatic carbocycles. The van der Waals surface area contributed by atoms with Gasteiger partial charge in [-0.05, 0) is 19.3 Å². The Morgan fingerprint density at radius 3 is 2.89 bits per heavy atom. The highest BCUT2D eigenvalue weighted by Crippen LogP contribution is 2.33. The van der Waals surface area contributed by atoms with Crippen molar-refractivity contribution in [1.82, 2.24) is 0 Å². The molecule has 1 aromatic rings. The molecule has 0 radical (unpaired) electrons. The van der Waals surface area contributed by atoms with Crippen LogP contribution in [-0.2, 0) is 0 Å². The van der Waals surface area contributed by atoms with Gasteiger partial charge in [0.15, 0.2) is 11.6 Å². The van der Waals surface area contributed by atoms with E-state index >= 15 is 0 Å². The summed E-state index contributed by atoms with van der Waals surface area (Å²) in [4.78, 5) is 2.08. The quantitative estimate of drug-likeness (QED) is 0.823. The first-order valence-corrected chi connectivity index (χ1v) is 6.67. The molecule has 1 saturated heterocycles. The molecule has 5 heteroatoms. The Balaban J connectivity index is 2.26. The summed E-state index contributed by atoms with van der Waals surface area (Å²) >= 11 is 0. The van der Waals surface area contributed by atoms with Crippen LogP contribution in [0.4, 0.5) is 15.8 Å². The van der Waals surface area contributed by atoms with Crippen molar-refractivity contribution in [3.05, 3.63) is 17.9 Å². The molecule has 19 heavy (non-hydrogen) atoms. The second-order valence-corrected chi connectivity index (χ2v) is 5.05. The molecule has 106 valence electrons. The Labute approximate surface area is 113 Å². The number of nitrogen functional groups attached to an aromatic ring is 1. The number of nitrogens with zero attached hydrogens (tertiary/aromatic N) is 1. The second kappa shape index (κ2) is 5.65. The Morgan fingerprint density at radius 2 is 2.26 bits per heavy atom. The van der Waals surface area contributed by atoms with Gasteiger partial charge in [-0.25, -0.2) is 4.39 Å². The Morgan fingerprint density at radius 1 is 1.53 bits per heavy atom. The predicted octanol–water partition coefficient (Wildman–Crippen LogP) is 2.01. The van der Waals surface area contributed by atoms with E-state index < -0.39 is 5.82 Å². The van der Waals surface area contributed by atoms with Gasteiger partial charge in [0.1, 0.15) is 0 Å². The van der Waals surface area contributed by atoms with E-state index in [4.69, 9.17) is 10.5 Å². The summed E-state index contributed by atoms with van der Waals surface area (Å²) < 4.78 is 18.9. The van der Waals surface area contributed by atoms with Crippen LogP contribution in [0.2, 0.25) is 0 Å². The lowest BCUT2D eigenvalue weighted by molar-refractivity contribution is 0.0971. The van der Waals surface area contributed by atoms with Gasteiger partial charge in [-0.15, -0.1) is 0 Å². The van der Waals surface area contributed by atoms with E-state index in [2.05, 4.69) is 4.90 Å². The largest absolute Gasteiger partial charge is 0.491 e. The standard InChI is InChI=1S/C14H21FN2O2/c1-3-19-14-7-12(11(16)6-10(14)15)17-5-4-13(18)9(2)8-17/h6-7,9,13,18H,3-5,8,16H2,1-2H3. The third-order valence-corrected chi connectivity index (χ3v) is 3.58. The van der Waals surface area contributed by atoms with E-state index in [1.54, 1.807) is 6.07 Å². The van der Waals surface area contributed by atoms with E-state index in [-0.39, 0.29) is 17.8 Å². The maximum Gasteiger partial charge on any atom is 0.167 e. The van der Waals surface area contributed by atoms with Crippen LogP contribution in [-0.4, -0.2) is 30.9 Å². The lowest BCUT2D eigenvalue weighted by atomic mass is 9.96. The SMILES string of the molecule is CCOc1cc(N2CCC(O)C(C)C2)c(N)cc1F. The van der Waals surface area contributed by atoms with Crippen LogP contribution < -0.4 is 15.4 Å². The molecule has 3 N–H and O–H groups in total. The maximum absolute atomic E-state index is 13.7. The summed E-state index contributed by atoms with van der Waals surface area (Å²) in [7, 11) is 0. The third kappa shape index (κ3) is 2.92. The number of hydrogen-bond acceptors (Lipinski definition) is 4. The van der Waals surface area contributed by atoms with Crippen LogP contribution in [0.1, 0.15) is 20.3 Å². The summed E-state index contributed by atoms with van der Waals surface area (Å²) in [6.07, 6.45) is 0.423. The average Bonchev–Trinajstić information content (AvgIpc) is 2.36. The summed E-state index contributed by atoms with van der Waals surface area (Å²) in [6, 6.07) is 2.95. The Bertz CT molecular complexity index is 453. The number of ether oxygens (including phenoxy) is 1. The number of aliphatic hydroxyl groups excluding tert-OH is 1. The van der Waals surface area contributed by atoms with Crippen molar-refractivity contribution < 1.29 is 14.2 Å². The number of piperidine rings is 1. The Kier molecular flexibility index (Phi) is 4.14. The van der Waals surface area contributed by atoms with E-state index in [1.165, 1.54) is 6.07 Å². The second-order valence-electron chi connectivity index (χ2n) is 5.05. The Hall–Kier alpha value is -1.49. The molecular weight excluding hydrogens is 247 g/mol. The molecule has 1 heterocycles. The minimum atomic E-state index is -0.437. The molecule has 2 rings (SSSR count). The normalized spacial score (nSPS) is 23.5. The summed E-state index contributed by atoms with van der Waals surface area (Å²) in [5, 5.41) is 9.75. The molecular formula is C14H21FN2O2. The summed E-state index contributed by atoms with van der Waals surface area (Å²) in [5.74, 6) is -0.0348. The highest BCUT2D eigenvalue weighted by Gasteiger charge is 2.26. The zero-order valence-corrected chi connectivity index (χ0v) is 11.4. The zero-order valence-electron chi connectivity index (χ0n) is 11.4. The van der Waals surface area contributed by atoms with Crippen molar-refractivity contribution in [2.75, 3.05) is 30.3 Å². The smallest absolute Gasteiger partial charge is 0.167 e. The van der Waals surface area contributed by atoms with E-state index in [0.717, 1.165) is 5.69 Å². The van der Waals surface area contributed by atoms with Crippen molar-refractivity contribution in [3.8, 4) is 5.75 Å². The van der Waals surface area contributed by atoms with Gasteiger partial charge in [-0.2, -0.15) is 0 Å². The van der Waals surface area contributed by atoms with Crippen molar-refractivity contribution in [3.63, 3.8) is 0 Å². The molecule has 2 atom stereocenters. The van der Waals surface area contributed by atoms with Crippen molar-refractivity contribution in [1.29, 1.82) is 0 Å². The minimum Gasteiger partial charge on any atom is -0.491 e. The van der Waals surface area contributed by atoms with Crippen LogP contribution in [0, 0.1) is 11.7 Å². The third-order valence-electron chi connectivity index (χ3n) is 3.58. The molecule has 1 aliphatic heterocycles. The van der Waals surface area contributed by atoms with Crippen LogP contribution >= 0.6 is 0 Å². The molecule has 0 saturated carbocycles. The molecule has 1 aliphatic rings. The molecule has 0 spiro atoms. The molecule has 1 fully saturated rings. The molecule has 4 nitrogen and oxygen atoms in total. The van der Waals surface area contributed by atoms with Gasteiger partial charge in [0.25, 0.3) is 0 Å². The number of hydrogen-bond donors (Lipinski definition) is 2. The monoisotopic (exact) mass is 268 g/mol. The number of halogens is 1. The maximum atomic E-state index is 13.7. The van der Waals surface area contributed by atoms with Crippen molar-refractivity contribution >= 4 is 11.4 Å². The molecule has 2 unspecified atom stereocenters. The first-order valence-electron chi connectivity index (χ1n) is 6.67. The molecule has 0 aromatic heterocycles. The summed E-state index contributed by atoms with van der Waals surface area (Å²) in [5.41, 5.74) is 7.09. The van der Waals surface area contributed by atoms with Crippen LogP contribution in [0.15, 0.2) is 12.1 Å². The van der Waals surface area contributed by atoms with E-state index in [0.29, 0.717) is 31.8 Å². The number of nitrogens with two attached hydrogens (primary N) is 1. The molecule has 1 aromatic carbocycles. The number of aliphatic hydroxyl groups is 1. The first-order chi connectivity index (χ1) is 9.02.